The molecule has 2 aliphatic heterocycles. The maximum absolute atomic E-state index is 14.7. The van der Waals surface area contributed by atoms with Gasteiger partial charge in [0.25, 0.3) is 11.7 Å². The van der Waals surface area contributed by atoms with Gasteiger partial charge in [-0.15, -0.1) is 0 Å². The molecule has 1 fully saturated rings. The SMILES string of the molecule is CC1Cc2cc(/C(O)=C3/C(=O)C(=O)N(c4cc(F)ccc4F)C3c3ccccn3)ccc2O1. The van der Waals surface area contributed by atoms with E-state index in [1.165, 1.54) is 6.20 Å². The van der Waals surface area contributed by atoms with Crippen LogP contribution in [-0.2, 0) is 16.0 Å². The predicted molar refractivity (Wildman–Crippen MR) is 116 cm³/mol. The summed E-state index contributed by atoms with van der Waals surface area (Å²) in [6, 6.07) is 11.2. The molecule has 1 N–H and O–H groups in total. The Morgan fingerprint density at radius 2 is 1.94 bits per heavy atom. The summed E-state index contributed by atoms with van der Waals surface area (Å²) in [5, 5.41) is 11.2. The summed E-state index contributed by atoms with van der Waals surface area (Å²) in [7, 11) is 0. The number of Topliss-reactive ketones (excluding diaryl/α,β-unsaturated/α-hetero) is 1. The van der Waals surface area contributed by atoms with Gasteiger partial charge in [0.05, 0.1) is 17.0 Å². The Balaban J connectivity index is 1.71. The Morgan fingerprint density at radius 3 is 2.70 bits per heavy atom. The van der Waals surface area contributed by atoms with Gasteiger partial charge < -0.3 is 9.84 Å². The Morgan fingerprint density at radius 1 is 1.12 bits per heavy atom. The van der Waals surface area contributed by atoms with Crippen molar-refractivity contribution in [3.8, 4) is 5.75 Å². The highest BCUT2D eigenvalue weighted by Crippen LogP contribution is 2.43. The molecule has 3 heterocycles. The van der Waals surface area contributed by atoms with E-state index in [0.29, 0.717) is 17.7 Å². The number of aliphatic hydroxyl groups is 1. The second-order valence-electron chi connectivity index (χ2n) is 7.97. The number of benzene rings is 2. The van der Waals surface area contributed by atoms with Gasteiger partial charge in [-0.1, -0.05) is 6.07 Å². The van der Waals surface area contributed by atoms with Crippen molar-refractivity contribution >= 4 is 23.1 Å². The number of rotatable bonds is 3. The van der Waals surface area contributed by atoms with E-state index in [1.54, 1.807) is 36.4 Å². The molecule has 166 valence electrons. The molecule has 0 saturated carbocycles. The number of aromatic nitrogens is 1. The number of anilines is 1. The third-order valence-electron chi connectivity index (χ3n) is 5.75. The molecule has 6 nitrogen and oxygen atoms in total. The molecule has 2 aliphatic rings. The first-order chi connectivity index (χ1) is 15.8. The molecule has 2 atom stereocenters. The van der Waals surface area contributed by atoms with Crippen LogP contribution in [0, 0.1) is 11.6 Å². The standard InChI is InChI=1S/C25H18F2N2O4/c1-13-10-15-11-14(5-8-20(15)33-13)23(30)21-22(18-4-2-3-9-28-18)29(25(32)24(21)31)19-12-16(26)6-7-17(19)27/h2-9,11-13,22,30H,10H2,1H3/b23-21-. The molecule has 1 saturated heterocycles. The Hall–Kier alpha value is -4.07. The van der Waals surface area contributed by atoms with Gasteiger partial charge in [-0.3, -0.25) is 19.5 Å². The van der Waals surface area contributed by atoms with E-state index in [0.717, 1.165) is 28.7 Å². The average Bonchev–Trinajstić information content (AvgIpc) is 3.31. The summed E-state index contributed by atoms with van der Waals surface area (Å²) in [4.78, 5) is 31.2. The zero-order valence-corrected chi connectivity index (χ0v) is 17.5. The van der Waals surface area contributed by atoms with Gasteiger partial charge >= 0.3 is 0 Å². The Kier molecular flexibility index (Phi) is 4.92. The lowest BCUT2D eigenvalue weighted by atomic mass is 9.96. The molecular formula is C25H18F2N2O4. The average molecular weight is 448 g/mol. The minimum atomic E-state index is -1.24. The first-order valence-corrected chi connectivity index (χ1v) is 10.3. The molecule has 5 rings (SSSR count). The van der Waals surface area contributed by atoms with E-state index < -0.39 is 40.8 Å². The number of pyridine rings is 1. The minimum Gasteiger partial charge on any atom is -0.507 e. The van der Waals surface area contributed by atoms with E-state index in [9.17, 15) is 23.5 Å². The van der Waals surface area contributed by atoms with Crippen molar-refractivity contribution in [2.24, 2.45) is 0 Å². The highest BCUT2D eigenvalue weighted by molar-refractivity contribution is 6.51. The van der Waals surface area contributed by atoms with Crippen molar-refractivity contribution in [3.05, 3.63) is 94.8 Å². The first kappa shape index (κ1) is 20.8. The number of halogens is 2. The molecule has 2 aromatic carbocycles. The van der Waals surface area contributed by atoms with Crippen LogP contribution in [0.5, 0.6) is 5.75 Å². The van der Waals surface area contributed by atoms with E-state index in [-0.39, 0.29) is 17.4 Å². The number of ketones is 1. The van der Waals surface area contributed by atoms with Crippen LogP contribution in [0.15, 0.2) is 66.4 Å². The second kappa shape index (κ2) is 7.81. The smallest absolute Gasteiger partial charge is 0.300 e. The molecule has 1 aromatic heterocycles. The molecular weight excluding hydrogens is 430 g/mol. The minimum absolute atomic E-state index is 0.0209. The monoisotopic (exact) mass is 448 g/mol. The van der Waals surface area contributed by atoms with E-state index >= 15 is 0 Å². The van der Waals surface area contributed by atoms with Crippen molar-refractivity contribution in [1.29, 1.82) is 0 Å². The van der Waals surface area contributed by atoms with Crippen LogP contribution < -0.4 is 9.64 Å². The van der Waals surface area contributed by atoms with Gasteiger partial charge in [-0.05, 0) is 55.0 Å². The molecule has 33 heavy (non-hydrogen) atoms. The van der Waals surface area contributed by atoms with Gasteiger partial charge in [-0.2, -0.15) is 0 Å². The molecule has 0 bridgehead atoms. The Bertz CT molecular complexity index is 1320. The number of aliphatic hydroxyl groups excluding tert-OH is 1. The maximum atomic E-state index is 14.7. The number of fused-ring (bicyclic) bond motifs is 1. The van der Waals surface area contributed by atoms with E-state index in [2.05, 4.69) is 4.98 Å². The van der Waals surface area contributed by atoms with Crippen LogP contribution in [0.25, 0.3) is 5.76 Å². The Labute approximate surface area is 187 Å². The van der Waals surface area contributed by atoms with Gasteiger partial charge in [0, 0.05) is 24.2 Å². The topological polar surface area (TPSA) is 79.7 Å². The fourth-order valence-corrected chi connectivity index (χ4v) is 4.29. The number of nitrogens with zero attached hydrogens (tertiary/aromatic N) is 2. The van der Waals surface area contributed by atoms with Crippen molar-refractivity contribution in [3.63, 3.8) is 0 Å². The van der Waals surface area contributed by atoms with Gasteiger partial charge in [-0.25, -0.2) is 8.78 Å². The summed E-state index contributed by atoms with van der Waals surface area (Å²) in [5.74, 6) is -3.51. The summed E-state index contributed by atoms with van der Waals surface area (Å²) >= 11 is 0. The third-order valence-corrected chi connectivity index (χ3v) is 5.75. The third kappa shape index (κ3) is 3.44. The normalized spacial score (nSPS) is 21.2. The fraction of sp³-hybridized carbons (Fsp3) is 0.160. The zero-order chi connectivity index (χ0) is 23.3. The van der Waals surface area contributed by atoms with Gasteiger partial charge in [0.15, 0.2) is 0 Å². The van der Waals surface area contributed by atoms with Gasteiger partial charge in [0.2, 0.25) is 0 Å². The van der Waals surface area contributed by atoms with Crippen molar-refractivity contribution in [2.45, 2.75) is 25.5 Å². The summed E-state index contributed by atoms with van der Waals surface area (Å²) in [6.45, 7) is 1.92. The number of ether oxygens (including phenoxy) is 1. The number of hydrogen-bond acceptors (Lipinski definition) is 5. The van der Waals surface area contributed by atoms with Crippen LogP contribution in [0.3, 0.4) is 0 Å². The maximum Gasteiger partial charge on any atom is 0.300 e. The zero-order valence-electron chi connectivity index (χ0n) is 17.5. The summed E-state index contributed by atoms with van der Waals surface area (Å²) in [6.07, 6.45) is 2.06. The predicted octanol–water partition coefficient (Wildman–Crippen LogP) is 4.31. The summed E-state index contributed by atoms with van der Waals surface area (Å²) < 4.78 is 34.3. The van der Waals surface area contributed by atoms with E-state index in [1.807, 2.05) is 6.92 Å². The lowest BCUT2D eigenvalue weighted by Crippen LogP contribution is -2.30. The molecule has 1 amide bonds. The van der Waals surface area contributed by atoms with Crippen LogP contribution in [0.2, 0.25) is 0 Å². The van der Waals surface area contributed by atoms with Crippen LogP contribution >= 0.6 is 0 Å². The lowest BCUT2D eigenvalue weighted by molar-refractivity contribution is -0.132. The lowest BCUT2D eigenvalue weighted by Gasteiger charge is -2.25. The van der Waals surface area contributed by atoms with Crippen LogP contribution in [0.4, 0.5) is 14.5 Å². The van der Waals surface area contributed by atoms with Crippen molar-refractivity contribution in [2.75, 3.05) is 4.90 Å². The summed E-state index contributed by atoms with van der Waals surface area (Å²) in [5.41, 5.74) is 0.716. The number of carbonyl (C=O) groups excluding carboxylic acids is 2. The molecule has 2 unspecified atom stereocenters. The molecule has 0 aliphatic carbocycles. The van der Waals surface area contributed by atoms with Crippen LogP contribution in [0.1, 0.15) is 29.8 Å². The van der Waals surface area contributed by atoms with Crippen molar-refractivity contribution in [1.82, 2.24) is 4.98 Å². The molecule has 0 spiro atoms. The quantitative estimate of drug-likeness (QED) is 0.367. The highest BCUT2D eigenvalue weighted by Gasteiger charge is 2.48. The second-order valence-corrected chi connectivity index (χ2v) is 7.97. The number of amides is 1. The largest absolute Gasteiger partial charge is 0.507 e. The molecule has 3 aromatic rings. The number of carbonyl (C=O) groups is 2. The van der Waals surface area contributed by atoms with Gasteiger partial charge in [0.1, 0.15) is 35.3 Å². The first-order valence-electron chi connectivity index (χ1n) is 10.3. The van der Waals surface area contributed by atoms with Crippen molar-refractivity contribution < 1.29 is 28.2 Å². The van der Waals surface area contributed by atoms with Crippen LogP contribution in [-0.4, -0.2) is 27.9 Å². The fourth-order valence-electron chi connectivity index (χ4n) is 4.29. The number of hydrogen-bond donors (Lipinski definition) is 1. The molecule has 8 heteroatoms. The van der Waals surface area contributed by atoms with E-state index in [4.69, 9.17) is 4.74 Å². The molecule has 0 radical (unpaired) electrons. The highest BCUT2D eigenvalue weighted by atomic mass is 19.1.